The maximum atomic E-state index is 12.9. The normalized spacial score (nSPS) is 13.6. The molecular formula is C22H22N2O5S. The fraction of sp³-hybridized carbons (Fsp3) is 0.273. The Morgan fingerprint density at radius 1 is 1.07 bits per heavy atom. The molecule has 0 radical (unpaired) electrons. The summed E-state index contributed by atoms with van der Waals surface area (Å²) in [5, 5.41) is 6.49. The summed E-state index contributed by atoms with van der Waals surface area (Å²) in [6.07, 6.45) is 2.44. The number of amides is 2. The number of benzene rings is 2. The topological polar surface area (TPSA) is 89.8 Å². The summed E-state index contributed by atoms with van der Waals surface area (Å²) in [7, 11) is 0. The van der Waals surface area contributed by atoms with Crippen molar-refractivity contribution in [3.63, 3.8) is 0 Å². The molecular weight excluding hydrogens is 404 g/mol. The fourth-order valence-corrected chi connectivity index (χ4v) is 3.65. The van der Waals surface area contributed by atoms with Gasteiger partial charge >= 0.3 is 0 Å². The number of para-hydroxylation sites is 1. The van der Waals surface area contributed by atoms with E-state index in [9.17, 15) is 9.59 Å². The molecule has 0 spiro atoms. The van der Waals surface area contributed by atoms with E-state index < -0.39 is 11.9 Å². The van der Waals surface area contributed by atoms with E-state index in [0.29, 0.717) is 42.4 Å². The molecule has 2 heterocycles. The maximum Gasteiger partial charge on any atom is 0.287 e. The first kappa shape index (κ1) is 20.2. The van der Waals surface area contributed by atoms with Crippen LogP contribution in [0.25, 0.3) is 11.0 Å². The standard InChI is InChI=1S/C22H22N2O5S/c1-30-11-8-16(24-22(26)20-12-14-4-2-3-5-17(14)29-20)21(25)23-15-6-7-18-19(13-15)28-10-9-27-18/h2-7,12-13,16H,8-11H2,1H3,(H,23,25)(H,24,26)/t16-/m1/s1. The highest BCUT2D eigenvalue weighted by molar-refractivity contribution is 7.98. The number of carbonyl (C=O) groups excluding carboxylic acids is 2. The first-order valence-electron chi connectivity index (χ1n) is 9.63. The van der Waals surface area contributed by atoms with Crippen molar-refractivity contribution in [3.8, 4) is 11.5 Å². The quantitative estimate of drug-likeness (QED) is 0.599. The van der Waals surface area contributed by atoms with Crippen molar-refractivity contribution in [1.82, 2.24) is 5.32 Å². The van der Waals surface area contributed by atoms with Crippen LogP contribution in [0.4, 0.5) is 5.69 Å². The SMILES string of the molecule is CSCC[C@@H](NC(=O)c1cc2ccccc2o1)C(=O)Nc1ccc2c(c1)OCCO2. The van der Waals surface area contributed by atoms with Crippen LogP contribution in [-0.4, -0.2) is 43.1 Å². The van der Waals surface area contributed by atoms with Gasteiger partial charge in [0, 0.05) is 17.1 Å². The van der Waals surface area contributed by atoms with E-state index >= 15 is 0 Å². The summed E-state index contributed by atoms with van der Waals surface area (Å²) in [6.45, 7) is 0.970. The average molecular weight is 426 g/mol. The Hall–Kier alpha value is -3.13. The molecule has 1 aromatic heterocycles. The minimum atomic E-state index is -0.702. The molecule has 0 aliphatic carbocycles. The van der Waals surface area contributed by atoms with E-state index in [1.807, 2.05) is 24.5 Å². The van der Waals surface area contributed by atoms with Crippen LogP contribution >= 0.6 is 11.8 Å². The van der Waals surface area contributed by atoms with Gasteiger partial charge in [-0.25, -0.2) is 0 Å². The molecule has 0 bridgehead atoms. The van der Waals surface area contributed by atoms with Gasteiger partial charge in [-0.05, 0) is 42.7 Å². The van der Waals surface area contributed by atoms with Gasteiger partial charge in [-0.3, -0.25) is 9.59 Å². The minimum absolute atomic E-state index is 0.178. The molecule has 1 aliphatic heterocycles. The first-order valence-corrected chi connectivity index (χ1v) is 11.0. The number of ether oxygens (including phenoxy) is 2. The Labute approximate surface area is 178 Å². The lowest BCUT2D eigenvalue weighted by atomic mass is 10.2. The zero-order valence-electron chi connectivity index (χ0n) is 16.5. The number of hydrogen-bond donors (Lipinski definition) is 2. The Morgan fingerprint density at radius 3 is 2.67 bits per heavy atom. The summed E-state index contributed by atoms with van der Waals surface area (Å²) in [5.74, 6) is 1.42. The third kappa shape index (κ3) is 4.54. The second-order valence-electron chi connectivity index (χ2n) is 6.80. The van der Waals surface area contributed by atoms with Crippen molar-refractivity contribution in [1.29, 1.82) is 0 Å². The first-order chi connectivity index (χ1) is 14.6. The van der Waals surface area contributed by atoms with Crippen LogP contribution in [0, 0.1) is 0 Å². The van der Waals surface area contributed by atoms with Gasteiger partial charge in [0.1, 0.15) is 24.8 Å². The predicted molar refractivity (Wildman–Crippen MR) is 117 cm³/mol. The van der Waals surface area contributed by atoms with Gasteiger partial charge in [0.05, 0.1) is 0 Å². The lowest BCUT2D eigenvalue weighted by Crippen LogP contribution is -2.44. The summed E-state index contributed by atoms with van der Waals surface area (Å²) < 4.78 is 16.7. The predicted octanol–water partition coefficient (Wildman–Crippen LogP) is 3.69. The molecule has 7 nitrogen and oxygen atoms in total. The molecule has 2 aromatic carbocycles. The van der Waals surface area contributed by atoms with Gasteiger partial charge < -0.3 is 24.5 Å². The molecule has 1 aliphatic rings. The monoisotopic (exact) mass is 426 g/mol. The van der Waals surface area contributed by atoms with E-state index in [4.69, 9.17) is 13.9 Å². The lowest BCUT2D eigenvalue weighted by molar-refractivity contribution is -0.118. The lowest BCUT2D eigenvalue weighted by Gasteiger charge is -2.20. The fourth-order valence-electron chi connectivity index (χ4n) is 3.18. The second-order valence-corrected chi connectivity index (χ2v) is 7.79. The zero-order chi connectivity index (χ0) is 20.9. The molecule has 156 valence electrons. The van der Waals surface area contributed by atoms with Crippen molar-refractivity contribution in [2.24, 2.45) is 0 Å². The third-order valence-electron chi connectivity index (χ3n) is 4.69. The molecule has 3 aromatic rings. The Bertz CT molecular complexity index is 1030. The van der Waals surface area contributed by atoms with Crippen LogP contribution in [0.3, 0.4) is 0 Å². The van der Waals surface area contributed by atoms with Crippen LogP contribution in [0.5, 0.6) is 11.5 Å². The van der Waals surface area contributed by atoms with E-state index in [-0.39, 0.29) is 11.7 Å². The number of hydrogen-bond acceptors (Lipinski definition) is 6. The molecule has 8 heteroatoms. The highest BCUT2D eigenvalue weighted by Gasteiger charge is 2.24. The molecule has 2 N–H and O–H groups in total. The molecule has 0 unspecified atom stereocenters. The molecule has 1 atom stereocenters. The van der Waals surface area contributed by atoms with Crippen molar-refractivity contribution in [2.75, 3.05) is 30.5 Å². The summed E-state index contributed by atoms with van der Waals surface area (Å²) in [6, 6.07) is 13.6. The van der Waals surface area contributed by atoms with Gasteiger partial charge in [0.2, 0.25) is 5.91 Å². The molecule has 30 heavy (non-hydrogen) atoms. The Kier molecular flexibility index (Phi) is 6.13. The number of anilines is 1. The van der Waals surface area contributed by atoms with Gasteiger partial charge in [-0.2, -0.15) is 11.8 Å². The van der Waals surface area contributed by atoms with Gasteiger partial charge in [0.15, 0.2) is 17.3 Å². The number of nitrogens with one attached hydrogen (secondary N) is 2. The van der Waals surface area contributed by atoms with Crippen LogP contribution in [-0.2, 0) is 4.79 Å². The van der Waals surface area contributed by atoms with Crippen LogP contribution in [0.2, 0.25) is 0 Å². The number of carbonyl (C=O) groups is 2. The summed E-state index contributed by atoms with van der Waals surface area (Å²) in [4.78, 5) is 25.6. The molecule has 2 amide bonds. The summed E-state index contributed by atoms with van der Waals surface area (Å²) >= 11 is 1.61. The maximum absolute atomic E-state index is 12.9. The van der Waals surface area contributed by atoms with Crippen molar-refractivity contribution in [3.05, 3.63) is 54.3 Å². The van der Waals surface area contributed by atoms with Crippen LogP contribution in [0.15, 0.2) is 52.9 Å². The highest BCUT2D eigenvalue weighted by atomic mass is 32.2. The van der Waals surface area contributed by atoms with Gasteiger partial charge in [-0.15, -0.1) is 0 Å². The number of furan rings is 1. The average Bonchev–Trinajstić information content (AvgIpc) is 3.21. The number of thioether (sulfide) groups is 1. The van der Waals surface area contributed by atoms with E-state index in [2.05, 4.69) is 10.6 Å². The van der Waals surface area contributed by atoms with Crippen LogP contribution < -0.4 is 20.1 Å². The third-order valence-corrected chi connectivity index (χ3v) is 5.34. The van der Waals surface area contributed by atoms with E-state index in [1.165, 1.54) is 0 Å². The highest BCUT2D eigenvalue weighted by Crippen LogP contribution is 2.32. The largest absolute Gasteiger partial charge is 0.486 e. The smallest absolute Gasteiger partial charge is 0.287 e. The summed E-state index contributed by atoms with van der Waals surface area (Å²) in [5.41, 5.74) is 1.21. The zero-order valence-corrected chi connectivity index (χ0v) is 17.3. The minimum Gasteiger partial charge on any atom is -0.486 e. The van der Waals surface area contributed by atoms with E-state index in [0.717, 1.165) is 11.1 Å². The molecule has 0 saturated heterocycles. The molecule has 0 saturated carbocycles. The Morgan fingerprint density at radius 2 is 1.87 bits per heavy atom. The number of fused-ring (bicyclic) bond motifs is 2. The van der Waals surface area contributed by atoms with E-state index in [1.54, 1.807) is 42.1 Å². The van der Waals surface area contributed by atoms with Crippen LogP contribution in [0.1, 0.15) is 17.0 Å². The van der Waals surface area contributed by atoms with Crippen molar-refractivity contribution >= 4 is 40.2 Å². The second kappa shape index (κ2) is 9.13. The Balaban J connectivity index is 1.47. The number of rotatable bonds is 7. The van der Waals surface area contributed by atoms with Gasteiger partial charge in [0.25, 0.3) is 5.91 Å². The van der Waals surface area contributed by atoms with Crippen molar-refractivity contribution in [2.45, 2.75) is 12.5 Å². The molecule has 0 fully saturated rings. The van der Waals surface area contributed by atoms with Crippen molar-refractivity contribution < 1.29 is 23.5 Å². The van der Waals surface area contributed by atoms with Gasteiger partial charge in [-0.1, -0.05) is 18.2 Å². The molecule has 4 rings (SSSR count).